The number of hydrogen-bond donors (Lipinski definition) is 1. The van der Waals surface area contributed by atoms with Crippen LogP contribution in [0.25, 0.3) is 0 Å². The summed E-state index contributed by atoms with van der Waals surface area (Å²) in [6.07, 6.45) is 2.33. The summed E-state index contributed by atoms with van der Waals surface area (Å²) in [4.78, 5) is 19.2. The molecule has 0 spiro atoms. The lowest BCUT2D eigenvalue weighted by Crippen LogP contribution is -2.52. The summed E-state index contributed by atoms with van der Waals surface area (Å²) in [5.41, 5.74) is 1.20. The minimum Gasteiger partial charge on any atom is -0.395 e. The van der Waals surface area contributed by atoms with Gasteiger partial charge in [0.15, 0.2) is 0 Å². The van der Waals surface area contributed by atoms with Crippen molar-refractivity contribution in [1.29, 1.82) is 0 Å². The first-order valence-electron chi connectivity index (χ1n) is 9.02. The molecule has 1 aromatic carbocycles. The van der Waals surface area contributed by atoms with Gasteiger partial charge in [0.1, 0.15) is 0 Å². The molecule has 5 nitrogen and oxygen atoms in total. The molecule has 1 unspecified atom stereocenters. The zero-order chi connectivity index (χ0) is 16.9. The molecule has 2 fully saturated rings. The molecule has 24 heavy (non-hydrogen) atoms. The van der Waals surface area contributed by atoms with Crippen molar-refractivity contribution in [3.05, 3.63) is 35.9 Å². The third kappa shape index (κ3) is 4.56. The number of amides is 1. The van der Waals surface area contributed by atoms with Crippen molar-refractivity contribution < 1.29 is 9.90 Å². The average Bonchev–Trinajstić information content (AvgIpc) is 3.42. The molecule has 132 valence electrons. The summed E-state index contributed by atoms with van der Waals surface area (Å²) < 4.78 is 0. The lowest BCUT2D eigenvalue weighted by Gasteiger charge is -2.36. The molecule has 1 N–H and O–H groups in total. The maximum absolute atomic E-state index is 12.8. The number of hydrogen-bond acceptors (Lipinski definition) is 4. The van der Waals surface area contributed by atoms with Crippen LogP contribution in [0.5, 0.6) is 0 Å². The van der Waals surface area contributed by atoms with Gasteiger partial charge in [-0.25, -0.2) is 0 Å². The first kappa shape index (κ1) is 17.4. The van der Waals surface area contributed by atoms with E-state index in [2.05, 4.69) is 29.0 Å². The van der Waals surface area contributed by atoms with Crippen molar-refractivity contribution >= 4 is 5.91 Å². The van der Waals surface area contributed by atoms with Crippen LogP contribution in [0.3, 0.4) is 0 Å². The van der Waals surface area contributed by atoms with Crippen LogP contribution >= 0.6 is 0 Å². The van der Waals surface area contributed by atoms with Crippen LogP contribution in [0, 0.1) is 5.92 Å². The molecule has 1 saturated heterocycles. The molecule has 1 heterocycles. The van der Waals surface area contributed by atoms with Gasteiger partial charge >= 0.3 is 0 Å². The molecular weight excluding hydrogens is 302 g/mol. The van der Waals surface area contributed by atoms with Crippen LogP contribution < -0.4 is 0 Å². The van der Waals surface area contributed by atoms with E-state index < -0.39 is 0 Å². The number of rotatable bonds is 7. The second kappa shape index (κ2) is 8.10. The summed E-state index contributed by atoms with van der Waals surface area (Å²) in [5.74, 6) is 0.733. The Morgan fingerprint density at radius 1 is 1.21 bits per heavy atom. The molecule has 1 saturated carbocycles. The van der Waals surface area contributed by atoms with E-state index in [0.29, 0.717) is 12.5 Å². The van der Waals surface area contributed by atoms with Crippen molar-refractivity contribution in [3.63, 3.8) is 0 Å². The highest BCUT2D eigenvalue weighted by Gasteiger charge is 2.36. The zero-order valence-electron chi connectivity index (χ0n) is 14.6. The number of aliphatic hydroxyl groups excluding tert-OH is 1. The predicted octanol–water partition coefficient (Wildman–Crippen LogP) is 1.03. The van der Waals surface area contributed by atoms with E-state index in [1.165, 1.54) is 18.4 Å². The van der Waals surface area contributed by atoms with E-state index in [-0.39, 0.29) is 18.6 Å². The number of likely N-dealkylation sites (N-methyl/N-ethyl adjacent to an activating group) is 1. The zero-order valence-corrected chi connectivity index (χ0v) is 14.6. The van der Waals surface area contributed by atoms with E-state index in [0.717, 1.165) is 32.7 Å². The van der Waals surface area contributed by atoms with Crippen LogP contribution in [-0.4, -0.2) is 78.1 Å². The van der Waals surface area contributed by atoms with Crippen LogP contribution in [-0.2, 0) is 11.3 Å². The van der Waals surface area contributed by atoms with Gasteiger partial charge in [0.2, 0.25) is 5.91 Å². The highest BCUT2D eigenvalue weighted by molar-refractivity contribution is 5.78. The Morgan fingerprint density at radius 2 is 1.88 bits per heavy atom. The van der Waals surface area contributed by atoms with Crippen LogP contribution in [0.15, 0.2) is 30.3 Å². The fourth-order valence-corrected chi connectivity index (χ4v) is 3.48. The number of carbonyl (C=O) groups excluding carboxylic acids is 1. The number of piperazine rings is 1. The first-order valence-corrected chi connectivity index (χ1v) is 9.02. The van der Waals surface area contributed by atoms with Crippen molar-refractivity contribution in [3.8, 4) is 0 Å². The minimum absolute atomic E-state index is 0.0987. The standard InChI is InChI=1S/C19H29N3O2/c1-20-9-11-21(12-10-20)19(24)14-22(18(15-23)17-7-8-17)13-16-5-3-2-4-6-16/h2-6,17-18,23H,7-15H2,1H3. The Bertz CT molecular complexity index is 525. The minimum atomic E-state index is 0.0987. The molecule has 0 bridgehead atoms. The smallest absolute Gasteiger partial charge is 0.236 e. The molecule has 1 aromatic rings. The van der Waals surface area contributed by atoms with Crippen LogP contribution in [0.4, 0.5) is 0 Å². The van der Waals surface area contributed by atoms with Crippen LogP contribution in [0.1, 0.15) is 18.4 Å². The Labute approximate surface area is 144 Å². The van der Waals surface area contributed by atoms with E-state index in [1.807, 2.05) is 23.1 Å². The third-order valence-electron chi connectivity index (χ3n) is 5.25. The van der Waals surface area contributed by atoms with E-state index in [1.54, 1.807) is 0 Å². The SMILES string of the molecule is CN1CCN(C(=O)CN(Cc2ccccc2)C(CO)C2CC2)CC1. The maximum atomic E-state index is 12.8. The van der Waals surface area contributed by atoms with Gasteiger partial charge in [-0.3, -0.25) is 9.69 Å². The second-order valence-corrected chi connectivity index (χ2v) is 7.16. The van der Waals surface area contributed by atoms with Crippen molar-refractivity contribution in [1.82, 2.24) is 14.7 Å². The Balaban J connectivity index is 1.65. The number of aliphatic hydroxyl groups is 1. The molecule has 0 aromatic heterocycles. The third-order valence-corrected chi connectivity index (χ3v) is 5.25. The summed E-state index contributed by atoms with van der Waals surface area (Å²) in [5, 5.41) is 9.87. The molecule has 0 radical (unpaired) electrons. The average molecular weight is 331 g/mol. The second-order valence-electron chi connectivity index (χ2n) is 7.16. The van der Waals surface area contributed by atoms with Gasteiger partial charge in [-0.2, -0.15) is 0 Å². The van der Waals surface area contributed by atoms with Crippen LogP contribution in [0.2, 0.25) is 0 Å². The monoisotopic (exact) mass is 331 g/mol. The normalized spacial score (nSPS) is 20.4. The molecule has 1 aliphatic heterocycles. The highest BCUT2D eigenvalue weighted by atomic mass is 16.3. The molecule has 3 rings (SSSR count). The fraction of sp³-hybridized carbons (Fsp3) is 0.632. The number of benzene rings is 1. The van der Waals surface area contributed by atoms with Gasteiger partial charge < -0.3 is 14.9 Å². The summed E-state index contributed by atoms with van der Waals surface area (Å²) in [6.45, 7) is 4.76. The van der Waals surface area contributed by atoms with Crippen molar-refractivity contribution in [2.45, 2.75) is 25.4 Å². The van der Waals surface area contributed by atoms with E-state index >= 15 is 0 Å². The quantitative estimate of drug-likeness (QED) is 0.811. The number of carbonyl (C=O) groups is 1. The molecule has 2 aliphatic rings. The molecule has 1 atom stereocenters. The Morgan fingerprint density at radius 3 is 2.46 bits per heavy atom. The number of nitrogens with zero attached hydrogens (tertiary/aromatic N) is 3. The summed E-state index contributed by atoms with van der Waals surface area (Å²) >= 11 is 0. The van der Waals surface area contributed by atoms with Gasteiger partial charge in [0, 0.05) is 38.8 Å². The van der Waals surface area contributed by atoms with E-state index in [4.69, 9.17) is 0 Å². The summed E-state index contributed by atoms with van der Waals surface area (Å²) in [6, 6.07) is 10.3. The first-order chi connectivity index (χ1) is 11.7. The van der Waals surface area contributed by atoms with Gasteiger partial charge in [-0.05, 0) is 31.4 Å². The Kier molecular flexibility index (Phi) is 5.87. The van der Waals surface area contributed by atoms with Crippen molar-refractivity contribution in [2.75, 3.05) is 46.4 Å². The molecular formula is C19H29N3O2. The van der Waals surface area contributed by atoms with Crippen molar-refractivity contribution in [2.24, 2.45) is 5.92 Å². The van der Waals surface area contributed by atoms with Gasteiger partial charge in [-0.1, -0.05) is 30.3 Å². The Hall–Kier alpha value is -1.43. The lowest BCUT2D eigenvalue weighted by molar-refractivity contribution is -0.135. The maximum Gasteiger partial charge on any atom is 0.236 e. The summed E-state index contributed by atoms with van der Waals surface area (Å²) in [7, 11) is 2.10. The lowest BCUT2D eigenvalue weighted by atomic mass is 10.1. The highest BCUT2D eigenvalue weighted by Crippen LogP contribution is 2.35. The fourth-order valence-electron chi connectivity index (χ4n) is 3.48. The largest absolute Gasteiger partial charge is 0.395 e. The molecule has 5 heteroatoms. The van der Waals surface area contributed by atoms with E-state index in [9.17, 15) is 9.90 Å². The molecule has 1 aliphatic carbocycles. The van der Waals surface area contributed by atoms with Gasteiger partial charge in [-0.15, -0.1) is 0 Å². The van der Waals surface area contributed by atoms with Gasteiger partial charge in [0.05, 0.1) is 13.2 Å². The topological polar surface area (TPSA) is 47.0 Å². The van der Waals surface area contributed by atoms with Gasteiger partial charge in [0.25, 0.3) is 0 Å². The molecule has 1 amide bonds. The predicted molar refractivity (Wildman–Crippen MR) is 94.5 cm³/mol.